The molecular formula is C15H16ClN3O2S. The zero-order valence-electron chi connectivity index (χ0n) is 12.2. The van der Waals surface area contributed by atoms with Gasteiger partial charge >= 0.3 is 0 Å². The lowest BCUT2D eigenvalue weighted by molar-refractivity contribution is 0.171. The summed E-state index contributed by atoms with van der Waals surface area (Å²) in [7, 11) is 2.03. The van der Waals surface area contributed by atoms with Crippen LogP contribution in [0, 0.1) is 0 Å². The molecule has 0 saturated heterocycles. The minimum atomic E-state index is 0.545. The molecule has 0 bridgehead atoms. The van der Waals surface area contributed by atoms with Crippen LogP contribution >= 0.6 is 23.4 Å². The van der Waals surface area contributed by atoms with Gasteiger partial charge in [-0.05, 0) is 30.5 Å². The van der Waals surface area contributed by atoms with Crippen LogP contribution in [0.15, 0.2) is 17.3 Å². The number of aromatic nitrogens is 3. The molecule has 0 amide bonds. The van der Waals surface area contributed by atoms with E-state index in [4.69, 9.17) is 21.1 Å². The summed E-state index contributed by atoms with van der Waals surface area (Å²) in [6.45, 7) is 1.11. The van der Waals surface area contributed by atoms with Gasteiger partial charge in [-0.2, -0.15) is 0 Å². The van der Waals surface area contributed by atoms with E-state index >= 15 is 0 Å². The smallest absolute Gasteiger partial charge is 0.191 e. The Labute approximate surface area is 138 Å². The van der Waals surface area contributed by atoms with Crippen molar-refractivity contribution in [3.05, 3.63) is 28.5 Å². The number of ether oxygens (including phenoxy) is 2. The van der Waals surface area contributed by atoms with Gasteiger partial charge in [-0.25, -0.2) is 0 Å². The van der Waals surface area contributed by atoms with Crippen LogP contribution in [0.2, 0.25) is 5.02 Å². The molecule has 0 spiro atoms. The topological polar surface area (TPSA) is 49.2 Å². The molecule has 2 aliphatic rings. The highest BCUT2D eigenvalue weighted by Crippen LogP contribution is 2.41. The molecule has 1 aromatic carbocycles. The zero-order chi connectivity index (χ0) is 15.1. The zero-order valence-corrected chi connectivity index (χ0v) is 13.8. The fraction of sp³-hybridized carbons (Fsp3) is 0.467. The number of rotatable bonds is 4. The first-order valence-electron chi connectivity index (χ1n) is 7.32. The molecule has 1 fully saturated rings. The predicted octanol–water partition coefficient (Wildman–Crippen LogP) is 3.41. The van der Waals surface area contributed by atoms with Crippen LogP contribution in [-0.2, 0) is 12.8 Å². The fourth-order valence-corrected chi connectivity index (χ4v) is 3.68. The maximum atomic E-state index is 6.27. The van der Waals surface area contributed by atoms with Crippen LogP contribution in [0.3, 0.4) is 0 Å². The second-order valence-electron chi connectivity index (χ2n) is 5.56. The Morgan fingerprint density at radius 3 is 2.91 bits per heavy atom. The van der Waals surface area contributed by atoms with Crippen molar-refractivity contribution >= 4 is 23.4 Å². The molecule has 116 valence electrons. The summed E-state index contributed by atoms with van der Waals surface area (Å²) in [5, 5.41) is 10.1. The van der Waals surface area contributed by atoms with E-state index < -0.39 is 0 Å². The van der Waals surface area contributed by atoms with Gasteiger partial charge in [0.25, 0.3) is 0 Å². The summed E-state index contributed by atoms with van der Waals surface area (Å²) in [4.78, 5) is 0. The van der Waals surface area contributed by atoms with Crippen LogP contribution in [0.1, 0.15) is 30.1 Å². The van der Waals surface area contributed by atoms with Crippen LogP contribution in [0.4, 0.5) is 0 Å². The summed E-state index contributed by atoms with van der Waals surface area (Å²) in [5.74, 6) is 3.85. The van der Waals surface area contributed by atoms with Crippen molar-refractivity contribution in [2.45, 2.75) is 29.7 Å². The van der Waals surface area contributed by atoms with Gasteiger partial charge in [0, 0.05) is 18.7 Å². The van der Waals surface area contributed by atoms with E-state index in [0.717, 1.165) is 28.0 Å². The molecule has 4 rings (SSSR count). The van der Waals surface area contributed by atoms with E-state index in [1.54, 1.807) is 11.8 Å². The van der Waals surface area contributed by atoms with E-state index in [2.05, 4.69) is 14.8 Å². The van der Waals surface area contributed by atoms with Crippen molar-refractivity contribution < 1.29 is 9.47 Å². The Hall–Kier alpha value is -1.40. The Morgan fingerprint density at radius 1 is 1.27 bits per heavy atom. The minimum absolute atomic E-state index is 0.545. The molecule has 0 radical (unpaired) electrons. The maximum Gasteiger partial charge on any atom is 0.191 e. The Morgan fingerprint density at radius 2 is 2.09 bits per heavy atom. The number of hydrogen-bond donors (Lipinski definition) is 0. The summed E-state index contributed by atoms with van der Waals surface area (Å²) in [6.07, 6.45) is 2.46. The van der Waals surface area contributed by atoms with Gasteiger partial charge in [0.1, 0.15) is 19.0 Å². The highest BCUT2D eigenvalue weighted by atomic mass is 35.5. The Kier molecular flexibility index (Phi) is 3.66. The molecule has 1 aromatic heterocycles. The van der Waals surface area contributed by atoms with E-state index in [0.29, 0.717) is 29.9 Å². The van der Waals surface area contributed by atoms with Crippen molar-refractivity contribution in [1.29, 1.82) is 0 Å². The van der Waals surface area contributed by atoms with Crippen molar-refractivity contribution in [3.8, 4) is 11.5 Å². The largest absolute Gasteiger partial charge is 0.486 e. The third-order valence-corrected chi connectivity index (χ3v) is 5.21. The van der Waals surface area contributed by atoms with Gasteiger partial charge in [-0.15, -0.1) is 10.2 Å². The number of nitrogens with zero attached hydrogens (tertiary/aromatic N) is 3. The third kappa shape index (κ3) is 2.65. The SMILES string of the molecule is Cn1c(SCc2cc(Cl)c3c(c2)OCCO3)nnc1C1CC1. The molecule has 2 aromatic rings. The minimum Gasteiger partial charge on any atom is -0.486 e. The lowest BCUT2D eigenvalue weighted by Crippen LogP contribution is -2.15. The molecule has 1 saturated carbocycles. The molecule has 1 aliphatic carbocycles. The summed E-state index contributed by atoms with van der Waals surface area (Å²) >= 11 is 7.93. The van der Waals surface area contributed by atoms with Gasteiger partial charge in [0.05, 0.1) is 5.02 Å². The van der Waals surface area contributed by atoms with Crippen molar-refractivity contribution in [1.82, 2.24) is 14.8 Å². The molecule has 5 nitrogen and oxygen atoms in total. The molecule has 7 heteroatoms. The highest BCUT2D eigenvalue weighted by Gasteiger charge is 2.29. The molecule has 1 aliphatic heterocycles. The molecule has 2 heterocycles. The summed E-state index contributed by atoms with van der Waals surface area (Å²) in [5.41, 5.74) is 1.09. The number of benzene rings is 1. The second kappa shape index (κ2) is 5.66. The van der Waals surface area contributed by atoms with Crippen molar-refractivity contribution in [3.63, 3.8) is 0 Å². The van der Waals surface area contributed by atoms with E-state index in [1.165, 1.54) is 12.8 Å². The van der Waals surface area contributed by atoms with Crippen LogP contribution in [0.25, 0.3) is 0 Å². The van der Waals surface area contributed by atoms with Crippen LogP contribution in [0.5, 0.6) is 11.5 Å². The number of thioether (sulfide) groups is 1. The molecule has 0 unspecified atom stereocenters. The highest BCUT2D eigenvalue weighted by molar-refractivity contribution is 7.98. The fourth-order valence-electron chi connectivity index (χ4n) is 2.54. The molecular weight excluding hydrogens is 322 g/mol. The maximum absolute atomic E-state index is 6.27. The Bertz CT molecular complexity index is 715. The lowest BCUT2D eigenvalue weighted by atomic mass is 10.2. The second-order valence-corrected chi connectivity index (χ2v) is 6.91. The molecule has 0 N–H and O–H groups in total. The molecule has 0 atom stereocenters. The first-order chi connectivity index (χ1) is 10.7. The van der Waals surface area contributed by atoms with Crippen molar-refractivity contribution in [2.75, 3.05) is 13.2 Å². The summed E-state index contributed by atoms with van der Waals surface area (Å²) in [6, 6.07) is 3.92. The van der Waals surface area contributed by atoms with Crippen molar-refractivity contribution in [2.24, 2.45) is 7.05 Å². The van der Waals surface area contributed by atoms with E-state index in [9.17, 15) is 0 Å². The van der Waals surface area contributed by atoms with E-state index in [1.807, 2.05) is 19.2 Å². The monoisotopic (exact) mass is 337 g/mol. The number of halogens is 1. The summed E-state index contributed by atoms with van der Waals surface area (Å²) < 4.78 is 13.2. The average molecular weight is 338 g/mol. The third-order valence-electron chi connectivity index (χ3n) is 3.84. The van der Waals surface area contributed by atoms with Gasteiger partial charge in [-0.3, -0.25) is 0 Å². The predicted molar refractivity (Wildman–Crippen MR) is 85.0 cm³/mol. The van der Waals surface area contributed by atoms with Crippen LogP contribution < -0.4 is 9.47 Å². The first-order valence-corrected chi connectivity index (χ1v) is 8.69. The standard InChI is InChI=1S/C15H16ClN3O2S/c1-19-14(10-2-3-10)17-18-15(19)22-8-9-6-11(16)13-12(7-9)20-4-5-21-13/h6-7,10H,2-5,8H2,1H3. The number of fused-ring (bicyclic) bond motifs is 1. The molecule has 22 heavy (non-hydrogen) atoms. The number of hydrogen-bond acceptors (Lipinski definition) is 5. The van der Waals surface area contributed by atoms with Gasteiger partial charge in [-0.1, -0.05) is 23.4 Å². The first kappa shape index (κ1) is 14.2. The van der Waals surface area contributed by atoms with E-state index in [-0.39, 0.29) is 0 Å². The van der Waals surface area contributed by atoms with Crippen LogP contribution in [-0.4, -0.2) is 28.0 Å². The van der Waals surface area contributed by atoms with Gasteiger partial charge in [0.2, 0.25) is 0 Å². The quantitative estimate of drug-likeness (QED) is 0.800. The Balaban J connectivity index is 1.50. The van der Waals surface area contributed by atoms with Gasteiger partial charge < -0.3 is 14.0 Å². The lowest BCUT2D eigenvalue weighted by Gasteiger charge is -2.20. The normalized spacial score (nSPS) is 16.8. The average Bonchev–Trinajstić information content (AvgIpc) is 3.29. The van der Waals surface area contributed by atoms with Gasteiger partial charge in [0.15, 0.2) is 16.7 Å².